The number of phenols is 3. The normalized spacial score (nSPS) is 12.9. The minimum atomic E-state index is -0.264. The van der Waals surface area contributed by atoms with Gasteiger partial charge in [-0.3, -0.25) is 15.0 Å². The van der Waals surface area contributed by atoms with Crippen LogP contribution >= 0.6 is 0 Å². The molecule has 0 aromatic heterocycles. The van der Waals surface area contributed by atoms with E-state index in [0.717, 1.165) is 58.9 Å². The molecule has 0 amide bonds. The van der Waals surface area contributed by atoms with Crippen LogP contribution in [0.5, 0.6) is 17.2 Å². The summed E-state index contributed by atoms with van der Waals surface area (Å²) in [7, 11) is 18.3. The SMILES string of the molecule is CN(C)CCN(C)CCN=Cc1c(O)c(C=NCCN(C)CCN(C)C)c(O)c(C=NCCN(C)CCN(C)C)c1O. The minimum absolute atomic E-state index is 0.137. The quantitative estimate of drug-likeness (QED) is 0.176. The van der Waals surface area contributed by atoms with Crippen LogP contribution in [0.25, 0.3) is 0 Å². The molecule has 0 heterocycles. The summed E-state index contributed by atoms with van der Waals surface area (Å²) in [6, 6.07) is 0. The van der Waals surface area contributed by atoms with Crippen LogP contribution < -0.4 is 0 Å². The summed E-state index contributed by atoms with van der Waals surface area (Å²) in [4.78, 5) is 26.3. The Balaban J connectivity index is 3.12. The fourth-order valence-electron chi connectivity index (χ4n) is 3.74. The third kappa shape index (κ3) is 15.0. The van der Waals surface area contributed by atoms with Crippen LogP contribution in [0.3, 0.4) is 0 Å². The van der Waals surface area contributed by atoms with E-state index in [-0.39, 0.29) is 33.9 Å². The average molecular weight is 592 g/mol. The summed E-state index contributed by atoms with van der Waals surface area (Å²) < 4.78 is 0. The smallest absolute Gasteiger partial charge is 0.140 e. The van der Waals surface area contributed by atoms with Gasteiger partial charge in [-0.1, -0.05) is 0 Å². The van der Waals surface area contributed by atoms with Gasteiger partial charge in [0.2, 0.25) is 0 Å². The molecule has 0 aliphatic rings. The first-order valence-corrected chi connectivity index (χ1v) is 14.6. The van der Waals surface area contributed by atoms with E-state index in [0.29, 0.717) is 19.6 Å². The molecule has 0 aliphatic heterocycles. The van der Waals surface area contributed by atoms with E-state index < -0.39 is 0 Å². The van der Waals surface area contributed by atoms with Gasteiger partial charge >= 0.3 is 0 Å². The van der Waals surface area contributed by atoms with E-state index in [1.807, 2.05) is 63.4 Å². The first-order valence-electron chi connectivity index (χ1n) is 14.6. The van der Waals surface area contributed by atoms with Crippen molar-refractivity contribution in [3.8, 4) is 17.2 Å². The number of likely N-dealkylation sites (N-methyl/N-ethyl adjacent to an activating group) is 6. The third-order valence-electron chi connectivity index (χ3n) is 6.81. The average Bonchev–Trinajstić information content (AvgIpc) is 2.92. The molecule has 0 spiro atoms. The first-order chi connectivity index (χ1) is 19.8. The van der Waals surface area contributed by atoms with Crippen LogP contribution in [-0.2, 0) is 0 Å². The standard InChI is InChI=1S/C30H57N9O3/c1-34(2)16-19-37(7)13-10-31-22-25-28(40)26(23-32-11-14-38(8)20-17-35(3)4)30(42)27(29(25)41)24-33-12-15-39(9)21-18-36(5)6/h22-24,40-42H,10-21H2,1-9H3. The van der Waals surface area contributed by atoms with E-state index in [2.05, 4.69) is 44.4 Å². The molecule has 0 aliphatic carbocycles. The Hall–Kier alpha value is -2.61. The van der Waals surface area contributed by atoms with E-state index >= 15 is 0 Å². The zero-order valence-electron chi connectivity index (χ0n) is 27.6. The van der Waals surface area contributed by atoms with E-state index in [1.54, 1.807) is 0 Å². The van der Waals surface area contributed by atoms with Crippen molar-refractivity contribution >= 4 is 18.6 Å². The fourth-order valence-corrected chi connectivity index (χ4v) is 3.74. The van der Waals surface area contributed by atoms with E-state index in [9.17, 15) is 15.3 Å². The highest BCUT2D eigenvalue weighted by atomic mass is 16.3. The van der Waals surface area contributed by atoms with E-state index in [1.165, 1.54) is 18.6 Å². The van der Waals surface area contributed by atoms with Crippen molar-refractivity contribution in [3.63, 3.8) is 0 Å². The Labute approximate surface area is 254 Å². The molecule has 3 N–H and O–H groups in total. The molecular formula is C30H57N9O3. The molecule has 0 unspecified atom stereocenters. The highest BCUT2D eigenvalue weighted by Crippen LogP contribution is 2.39. The maximum absolute atomic E-state index is 11.0. The van der Waals surface area contributed by atoms with Crippen molar-refractivity contribution in [1.29, 1.82) is 0 Å². The molecule has 240 valence electrons. The number of hydrogen-bond donors (Lipinski definition) is 3. The Morgan fingerprint density at radius 3 is 0.857 bits per heavy atom. The zero-order valence-corrected chi connectivity index (χ0v) is 27.6. The number of benzene rings is 1. The second-order valence-corrected chi connectivity index (χ2v) is 11.7. The molecule has 12 heteroatoms. The van der Waals surface area contributed by atoms with Crippen LogP contribution in [0.4, 0.5) is 0 Å². The van der Waals surface area contributed by atoms with Gasteiger partial charge in [0, 0.05) is 77.5 Å². The lowest BCUT2D eigenvalue weighted by atomic mass is 10.0. The largest absolute Gasteiger partial charge is 0.506 e. The number of nitrogens with zero attached hydrogens (tertiary/aromatic N) is 9. The molecule has 12 nitrogen and oxygen atoms in total. The van der Waals surface area contributed by atoms with Crippen molar-refractivity contribution in [2.24, 2.45) is 15.0 Å². The molecule has 0 fully saturated rings. The van der Waals surface area contributed by atoms with Crippen molar-refractivity contribution in [3.05, 3.63) is 16.7 Å². The number of aliphatic imine (C=N–C) groups is 3. The monoisotopic (exact) mass is 591 g/mol. The van der Waals surface area contributed by atoms with Crippen molar-refractivity contribution in [2.75, 3.05) is 142 Å². The highest BCUT2D eigenvalue weighted by molar-refractivity contribution is 6.03. The molecule has 1 aromatic carbocycles. The van der Waals surface area contributed by atoms with Crippen LogP contribution in [-0.4, -0.2) is 205 Å². The summed E-state index contributed by atoms with van der Waals surface area (Å²) in [6.07, 6.45) is 4.38. The van der Waals surface area contributed by atoms with Gasteiger partial charge in [0.1, 0.15) is 17.2 Å². The Bertz CT molecular complexity index is 852. The highest BCUT2D eigenvalue weighted by Gasteiger charge is 2.21. The number of aromatic hydroxyl groups is 3. The van der Waals surface area contributed by atoms with Crippen LogP contribution in [0, 0.1) is 0 Å². The van der Waals surface area contributed by atoms with Gasteiger partial charge in [-0.15, -0.1) is 0 Å². The van der Waals surface area contributed by atoms with Crippen molar-refractivity contribution in [2.45, 2.75) is 0 Å². The van der Waals surface area contributed by atoms with Crippen molar-refractivity contribution in [1.82, 2.24) is 29.4 Å². The summed E-state index contributed by atoms with van der Waals surface area (Å²) in [6.45, 7) is 9.25. The second-order valence-electron chi connectivity index (χ2n) is 11.7. The van der Waals surface area contributed by atoms with Crippen LogP contribution in [0.2, 0.25) is 0 Å². The van der Waals surface area contributed by atoms with Gasteiger partial charge in [0.25, 0.3) is 0 Å². The maximum atomic E-state index is 11.0. The molecular weight excluding hydrogens is 534 g/mol. The summed E-state index contributed by atoms with van der Waals surface area (Å²) >= 11 is 0. The molecule has 1 aromatic rings. The van der Waals surface area contributed by atoms with E-state index in [4.69, 9.17) is 0 Å². The molecule has 1 rings (SSSR count). The predicted octanol–water partition coefficient (Wildman–Crippen LogP) is 0.540. The molecule has 0 saturated heterocycles. The second kappa shape index (κ2) is 20.3. The molecule has 0 radical (unpaired) electrons. The minimum Gasteiger partial charge on any atom is -0.506 e. The van der Waals surface area contributed by atoms with Gasteiger partial charge in [-0.2, -0.15) is 0 Å². The first kappa shape index (κ1) is 37.4. The summed E-state index contributed by atoms with van der Waals surface area (Å²) in [5.41, 5.74) is 0.411. The molecule has 0 bridgehead atoms. The Kier molecular flexibility index (Phi) is 18.1. The van der Waals surface area contributed by atoms with Crippen LogP contribution in [0.1, 0.15) is 16.7 Å². The topological polar surface area (TPSA) is 117 Å². The zero-order chi connectivity index (χ0) is 31.7. The van der Waals surface area contributed by atoms with Crippen molar-refractivity contribution < 1.29 is 15.3 Å². The van der Waals surface area contributed by atoms with Gasteiger partial charge in [0.05, 0.1) is 36.3 Å². The van der Waals surface area contributed by atoms with Gasteiger partial charge in [-0.05, 0) is 63.4 Å². The Morgan fingerprint density at radius 1 is 0.405 bits per heavy atom. The van der Waals surface area contributed by atoms with Gasteiger partial charge in [-0.25, -0.2) is 0 Å². The maximum Gasteiger partial charge on any atom is 0.140 e. The predicted molar refractivity (Wildman–Crippen MR) is 177 cm³/mol. The number of phenolic OH excluding ortho intramolecular Hbond substituents is 3. The summed E-state index contributed by atoms with van der Waals surface area (Å²) in [5.74, 6) is -0.792. The number of rotatable bonds is 21. The molecule has 0 saturated carbocycles. The summed E-state index contributed by atoms with van der Waals surface area (Å²) in [5, 5.41) is 33.1. The number of hydrogen-bond acceptors (Lipinski definition) is 12. The molecule has 42 heavy (non-hydrogen) atoms. The lowest BCUT2D eigenvalue weighted by Crippen LogP contribution is -2.30. The lowest BCUT2D eigenvalue weighted by molar-refractivity contribution is 0.288. The third-order valence-corrected chi connectivity index (χ3v) is 6.81. The lowest BCUT2D eigenvalue weighted by Gasteiger charge is -2.18. The van der Waals surface area contributed by atoms with Crippen LogP contribution in [0.15, 0.2) is 15.0 Å². The van der Waals surface area contributed by atoms with Gasteiger partial charge < -0.3 is 44.7 Å². The van der Waals surface area contributed by atoms with Gasteiger partial charge in [0.15, 0.2) is 0 Å². The Morgan fingerprint density at radius 2 is 0.643 bits per heavy atom. The molecule has 0 atom stereocenters. The fraction of sp³-hybridized carbons (Fsp3) is 0.700.